The molecule has 4 nitrogen and oxygen atoms in total. The molecular weight excluding hydrogens is 286 g/mol. The second-order valence-electron chi connectivity index (χ2n) is 4.67. The third-order valence-electron chi connectivity index (χ3n) is 3.13. The van der Waals surface area contributed by atoms with Crippen molar-refractivity contribution in [3.63, 3.8) is 0 Å². The molecule has 1 amide bonds. The Balaban J connectivity index is 2.25. The number of aryl methyl sites for hydroxylation is 2. The lowest BCUT2D eigenvalue weighted by atomic mass is 10.1. The van der Waals surface area contributed by atoms with Gasteiger partial charge in [0.1, 0.15) is 0 Å². The zero-order valence-corrected chi connectivity index (χ0v) is 13.0. The van der Waals surface area contributed by atoms with E-state index in [-0.39, 0.29) is 5.91 Å². The van der Waals surface area contributed by atoms with E-state index in [1.54, 1.807) is 23.5 Å². The monoisotopic (exact) mass is 303 g/mol. The SMILES string of the molecule is COC(=O)C(NC(=O)c1cc(C)sc1C)c1ccccc1. The number of rotatable bonds is 4. The summed E-state index contributed by atoms with van der Waals surface area (Å²) in [6, 6.07) is 10.1. The lowest BCUT2D eigenvalue weighted by molar-refractivity contribution is -0.143. The van der Waals surface area contributed by atoms with Gasteiger partial charge >= 0.3 is 5.97 Å². The van der Waals surface area contributed by atoms with E-state index >= 15 is 0 Å². The van der Waals surface area contributed by atoms with Crippen LogP contribution in [0.15, 0.2) is 36.4 Å². The van der Waals surface area contributed by atoms with Gasteiger partial charge in [-0.25, -0.2) is 4.79 Å². The number of hydrogen-bond donors (Lipinski definition) is 1. The van der Waals surface area contributed by atoms with Crippen molar-refractivity contribution in [1.29, 1.82) is 0 Å². The van der Waals surface area contributed by atoms with Crippen LogP contribution in [0.1, 0.15) is 31.7 Å². The minimum Gasteiger partial charge on any atom is -0.467 e. The van der Waals surface area contributed by atoms with Crippen molar-refractivity contribution < 1.29 is 14.3 Å². The number of carbonyl (C=O) groups excluding carboxylic acids is 2. The minimum absolute atomic E-state index is 0.267. The van der Waals surface area contributed by atoms with Crippen molar-refractivity contribution in [2.45, 2.75) is 19.9 Å². The fourth-order valence-corrected chi connectivity index (χ4v) is 3.03. The molecule has 0 aliphatic carbocycles. The van der Waals surface area contributed by atoms with E-state index < -0.39 is 12.0 Å². The number of amides is 1. The standard InChI is InChI=1S/C16H17NO3S/c1-10-9-13(11(2)21-10)15(18)17-14(16(19)20-3)12-7-5-4-6-8-12/h4-9,14H,1-3H3,(H,17,18). The molecule has 0 radical (unpaired) electrons. The molecule has 0 saturated heterocycles. The summed E-state index contributed by atoms with van der Waals surface area (Å²) in [6.07, 6.45) is 0. The average molecular weight is 303 g/mol. The predicted octanol–water partition coefficient (Wildman–Crippen LogP) is 3.01. The molecule has 0 bridgehead atoms. The first-order chi connectivity index (χ1) is 10.0. The summed E-state index contributed by atoms with van der Waals surface area (Å²) in [5.74, 6) is -0.754. The molecule has 1 heterocycles. The zero-order valence-electron chi connectivity index (χ0n) is 12.2. The van der Waals surface area contributed by atoms with Crippen LogP contribution < -0.4 is 5.32 Å². The van der Waals surface area contributed by atoms with Gasteiger partial charge in [0.25, 0.3) is 5.91 Å². The largest absolute Gasteiger partial charge is 0.467 e. The van der Waals surface area contributed by atoms with E-state index in [4.69, 9.17) is 4.74 Å². The Kier molecular flexibility index (Phi) is 4.75. The maximum atomic E-state index is 12.4. The van der Waals surface area contributed by atoms with Crippen LogP contribution >= 0.6 is 11.3 Å². The molecule has 0 spiro atoms. The molecule has 1 aromatic heterocycles. The van der Waals surface area contributed by atoms with Crippen molar-refractivity contribution in [1.82, 2.24) is 5.32 Å². The van der Waals surface area contributed by atoms with Crippen LogP contribution in [-0.4, -0.2) is 19.0 Å². The number of ether oxygens (including phenoxy) is 1. The van der Waals surface area contributed by atoms with Gasteiger partial charge in [-0.15, -0.1) is 11.3 Å². The van der Waals surface area contributed by atoms with E-state index in [1.807, 2.05) is 38.1 Å². The third kappa shape index (κ3) is 3.49. The van der Waals surface area contributed by atoms with Gasteiger partial charge in [0.15, 0.2) is 6.04 Å². The molecule has 0 saturated carbocycles. The number of methoxy groups -OCH3 is 1. The van der Waals surface area contributed by atoms with E-state index in [9.17, 15) is 9.59 Å². The highest BCUT2D eigenvalue weighted by molar-refractivity contribution is 7.12. The minimum atomic E-state index is -0.802. The number of hydrogen-bond acceptors (Lipinski definition) is 4. The first kappa shape index (κ1) is 15.3. The van der Waals surface area contributed by atoms with Gasteiger partial charge in [0.05, 0.1) is 12.7 Å². The molecular formula is C16H17NO3S. The first-order valence-corrected chi connectivity index (χ1v) is 7.35. The molecule has 1 unspecified atom stereocenters. The normalized spacial score (nSPS) is 11.8. The van der Waals surface area contributed by atoms with Gasteiger partial charge < -0.3 is 10.1 Å². The molecule has 0 fully saturated rings. The van der Waals surface area contributed by atoms with Crippen LogP contribution in [0.4, 0.5) is 0 Å². The molecule has 1 N–H and O–H groups in total. The Morgan fingerprint density at radius 1 is 1.19 bits per heavy atom. The first-order valence-electron chi connectivity index (χ1n) is 6.53. The van der Waals surface area contributed by atoms with Crippen LogP contribution in [-0.2, 0) is 9.53 Å². The number of esters is 1. The topological polar surface area (TPSA) is 55.4 Å². The number of carbonyl (C=O) groups is 2. The Bertz CT molecular complexity index is 649. The summed E-state index contributed by atoms with van der Waals surface area (Å²) in [6.45, 7) is 3.84. The Hall–Kier alpha value is -2.14. The van der Waals surface area contributed by atoms with Crippen LogP contribution in [0.5, 0.6) is 0 Å². The summed E-state index contributed by atoms with van der Waals surface area (Å²) in [5.41, 5.74) is 1.30. The smallest absolute Gasteiger partial charge is 0.333 e. The molecule has 1 aromatic carbocycles. The molecule has 21 heavy (non-hydrogen) atoms. The molecule has 1 atom stereocenters. The second kappa shape index (κ2) is 6.54. The third-order valence-corrected chi connectivity index (χ3v) is 4.10. The summed E-state index contributed by atoms with van der Waals surface area (Å²) in [7, 11) is 1.31. The fourth-order valence-electron chi connectivity index (χ4n) is 2.11. The Morgan fingerprint density at radius 3 is 2.38 bits per heavy atom. The maximum absolute atomic E-state index is 12.4. The highest BCUT2D eigenvalue weighted by Gasteiger charge is 2.25. The summed E-state index contributed by atoms with van der Waals surface area (Å²) < 4.78 is 4.79. The van der Waals surface area contributed by atoms with Gasteiger partial charge in [-0.2, -0.15) is 0 Å². The molecule has 2 rings (SSSR count). The van der Waals surface area contributed by atoms with Gasteiger partial charge in [0, 0.05) is 9.75 Å². The quantitative estimate of drug-likeness (QED) is 0.883. The van der Waals surface area contributed by atoms with Gasteiger partial charge in [-0.1, -0.05) is 30.3 Å². The zero-order chi connectivity index (χ0) is 15.4. The van der Waals surface area contributed by atoms with Gasteiger partial charge in [-0.3, -0.25) is 4.79 Å². The molecule has 0 aliphatic heterocycles. The summed E-state index contributed by atoms with van der Waals surface area (Å²) >= 11 is 1.56. The number of nitrogens with one attached hydrogen (secondary N) is 1. The van der Waals surface area contributed by atoms with E-state index in [0.717, 1.165) is 9.75 Å². The highest BCUT2D eigenvalue weighted by atomic mass is 32.1. The van der Waals surface area contributed by atoms with Gasteiger partial charge in [-0.05, 0) is 25.5 Å². The molecule has 110 valence electrons. The average Bonchev–Trinajstić information content (AvgIpc) is 2.83. The van der Waals surface area contributed by atoms with E-state index in [2.05, 4.69) is 5.32 Å². The van der Waals surface area contributed by atoms with Crippen LogP contribution in [0.3, 0.4) is 0 Å². The summed E-state index contributed by atoms with van der Waals surface area (Å²) in [5, 5.41) is 2.75. The lowest BCUT2D eigenvalue weighted by Crippen LogP contribution is -2.34. The summed E-state index contributed by atoms with van der Waals surface area (Å²) in [4.78, 5) is 26.3. The van der Waals surface area contributed by atoms with E-state index in [1.165, 1.54) is 7.11 Å². The van der Waals surface area contributed by atoms with Crippen LogP contribution in [0.2, 0.25) is 0 Å². The fraction of sp³-hybridized carbons (Fsp3) is 0.250. The second-order valence-corrected chi connectivity index (χ2v) is 6.13. The van der Waals surface area contributed by atoms with Crippen LogP contribution in [0.25, 0.3) is 0 Å². The van der Waals surface area contributed by atoms with Crippen LogP contribution in [0, 0.1) is 13.8 Å². The highest BCUT2D eigenvalue weighted by Crippen LogP contribution is 2.22. The van der Waals surface area contributed by atoms with Crippen molar-refractivity contribution >= 4 is 23.2 Å². The number of thiophene rings is 1. The molecule has 2 aromatic rings. The van der Waals surface area contributed by atoms with Crippen molar-refractivity contribution in [3.05, 3.63) is 57.3 Å². The van der Waals surface area contributed by atoms with E-state index in [0.29, 0.717) is 11.1 Å². The predicted molar refractivity (Wildman–Crippen MR) is 82.5 cm³/mol. The van der Waals surface area contributed by atoms with Crippen molar-refractivity contribution in [2.24, 2.45) is 0 Å². The van der Waals surface area contributed by atoms with Crippen molar-refractivity contribution in [3.8, 4) is 0 Å². The lowest BCUT2D eigenvalue weighted by Gasteiger charge is -2.16. The molecule has 5 heteroatoms. The van der Waals surface area contributed by atoms with Gasteiger partial charge in [0.2, 0.25) is 0 Å². The number of benzene rings is 1. The molecule has 0 aliphatic rings. The maximum Gasteiger partial charge on any atom is 0.333 e. The Labute approximate surface area is 127 Å². The van der Waals surface area contributed by atoms with Crippen molar-refractivity contribution in [2.75, 3.05) is 7.11 Å². The Morgan fingerprint density at radius 2 is 1.86 bits per heavy atom.